The van der Waals surface area contributed by atoms with Gasteiger partial charge in [-0.3, -0.25) is 9.59 Å². The monoisotopic (exact) mass is 164 g/mol. The van der Waals surface area contributed by atoms with Crippen LogP contribution in [0.4, 0.5) is 0 Å². The highest BCUT2D eigenvalue weighted by Crippen LogP contribution is 1.99. The van der Waals surface area contributed by atoms with Gasteiger partial charge in [0.15, 0.2) is 11.6 Å². The molecule has 12 heavy (non-hydrogen) atoms. The van der Waals surface area contributed by atoms with Crippen LogP contribution in [0.5, 0.6) is 0 Å². The molecule has 0 aromatic carbocycles. The molecule has 0 rings (SSSR count). The van der Waals surface area contributed by atoms with Gasteiger partial charge in [-0.15, -0.1) is 0 Å². The first-order valence-corrected chi connectivity index (χ1v) is 3.64. The Hall–Kier alpha value is -1.44. The average Bonchev–Trinajstić information content (AvgIpc) is 1.99. The van der Waals surface area contributed by atoms with Crippen molar-refractivity contribution in [1.82, 2.24) is 0 Å². The molecule has 0 amide bonds. The predicted octanol–water partition coefficient (Wildman–Crippen LogP) is 1.83. The zero-order chi connectivity index (χ0) is 9.56. The lowest BCUT2D eigenvalue weighted by Crippen LogP contribution is -2.06. The summed E-state index contributed by atoms with van der Waals surface area (Å²) >= 11 is 0. The van der Waals surface area contributed by atoms with Crippen molar-refractivity contribution in [2.75, 3.05) is 0 Å². The van der Waals surface area contributed by atoms with Gasteiger partial charge in [0.05, 0.1) is 5.57 Å². The van der Waals surface area contributed by atoms with Crippen LogP contribution in [0, 0.1) is 0 Å². The molecular formula is C10H12O2. The molecule has 0 aromatic heterocycles. The summed E-state index contributed by atoms with van der Waals surface area (Å²) in [6.45, 7) is 6.50. The quantitative estimate of drug-likeness (QED) is 0.275. The van der Waals surface area contributed by atoms with Gasteiger partial charge in [-0.1, -0.05) is 18.7 Å². The zero-order valence-electron chi connectivity index (χ0n) is 7.33. The molecule has 0 saturated carbocycles. The number of Topliss-reactive ketones (excluding diaryl/α,β-unsaturated/α-hetero) is 1. The lowest BCUT2D eigenvalue weighted by atomic mass is 10.1. The summed E-state index contributed by atoms with van der Waals surface area (Å²) in [4.78, 5) is 22.0. The second-order valence-electron chi connectivity index (χ2n) is 2.24. The Kier molecular flexibility index (Phi) is 4.61. The van der Waals surface area contributed by atoms with Crippen molar-refractivity contribution in [1.29, 1.82) is 0 Å². The van der Waals surface area contributed by atoms with E-state index in [0.29, 0.717) is 0 Å². The molecule has 0 unspecified atom stereocenters. The van der Waals surface area contributed by atoms with Crippen molar-refractivity contribution in [2.24, 2.45) is 0 Å². The first-order chi connectivity index (χ1) is 5.63. The lowest BCUT2D eigenvalue weighted by Gasteiger charge is -1.94. The van der Waals surface area contributed by atoms with Crippen LogP contribution in [0.3, 0.4) is 0 Å². The Labute approximate surface area is 72.3 Å². The maximum atomic E-state index is 11.2. The number of hydrogen-bond acceptors (Lipinski definition) is 2. The summed E-state index contributed by atoms with van der Waals surface area (Å²) in [6, 6.07) is 0. The molecule has 0 aliphatic carbocycles. The van der Waals surface area contributed by atoms with E-state index < -0.39 is 0 Å². The minimum absolute atomic E-state index is 0.170. The van der Waals surface area contributed by atoms with E-state index in [0.717, 1.165) is 0 Å². The Balaban J connectivity index is 4.76. The second-order valence-corrected chi connectivity index (χ2v) is 2.24. The Bertz CT molecular complexity index is 257. The minimum atomic E-state index is -0.273. The van der Waals surface area contributed by atoms with E-state index in [2.05, 4.69) is 6.58 Å². The van der Waals surface area contributed by atoms with Crippen LogP contribution in [0.25, 0.3) is 0 Å². The number of rotatable bonds is 4. The molecule has 64 valence electrons. The van der Waals surface area contributed by atoms with Crippen LogP contribution in [0.1, 0.15) is 13.8 Å². The van der Waals surface area contributed by atoms with Gasteiger partial charge in [-0.05, 0) is 26.0 Å². The molecule has 0 bridgehead atoms. The highest BCUT2D eigenvalue weighted by molar-refractivity contribution is 6.23. The Morgan fingerprint density at radius 2 is 1.92 bits per heavy atom. The number of allylic oxidation sites excluding steroid dienone is 5. The first-order valence-electron chi connectivity index (χ1n) is 3.64. The van der Waals surface area contributed by atoms with Crippen molar-refractivity contribution < 1.29 is 9.59 Å². The van der Waals surface area contributed by atoms with E-state index in [-0.39, 0.29) is 17.1 Å². The topological polar surface area (TPSA) is 34.1 Å². The number of carbonyl (C=O) groups excluding carboxylic acids is 2. The normalized spacial score (nSPS) is 11.7. The van der Waals surface area contributed by atoms with E-state index in [9.17, 15) is 9.59 Å². The van der Waals surface area contributed by atoms with Crippen molar-refractivity contribution in [3.8, 4) is 0 Å². The van der Waals surface area contributed by atoms with Gasteiger partial charge < -0.3 is 0 Å². The molecule has 0 aromatic rings. The fourth-order valence-corrected chi connectivity index (χ4v) is 0.732. The molecule has 2 nitrogen and oxygen atoms in total. The lowest BCUT2D eigenvalue weighted by molar-refractivity contribution is -0.118. The van der Waals surface area contributed by atoms with Crippen LogP contribution in [0.2, 0.25) is 0 Å². The van der Waals surface area contributed by atoms with Crippen molar-refractivity contribution in [3.05, 3.63) is 36.5 Å². The molecule has 0 saturated heterocycles. The summed E-state index contributed by atoms with van der Waals surface area (Å²) in [5.41, 5.74) is 0.170. The fraction of sp³-hybridized carbons (Fsp3) is 0.200. The molecule has 0 atom stereocenters. The molecule has 0 spiro atoms. The average molecular weight is 164 g/mol. The molecule has 2 heteroatoms. The van der Waals surface area contributed by atoms with Gasteiger partial charge in [0.1, 0.15) is 0 Å². The zero-order valence-corrected chi connectivity index (χ0v) is 7.33. The van der Waals surface area contributed by atoms with E-state index in [4.69, 9.17) is 0 Å². The SMILES string of the molecule is C=C/C=C(/C(C)=O)C(=O)/C=C\C. The third-order valence-corrected chi connectivity index (χ3v) is 1.25. The summed E-state index contributed by atoms with van der Waals surface area (Å²) in [5, 5.41) is 0. The van der Waals surface area contributed by atoms with Gasteiger partial charge >= 0.3 is 0 Å². The van der Waals surface area contributed by atoms with Crippen LogP contribution in [0.15, 0.2) is 36.5 Å². The molecular weight excluding hydrogens is 152 g/mol. The molecule has 0 radical (unpaired) electrons. The largest absolute Gasteiger partial charge is 0.294 e. The van der Waals surface area contributed by atoms with E-state index in [1.807, 2.05) is 0 Å². The van der Waals surface area contributed by atoms with E-state index >= 15 is 0 Å². The van der Waals surface area contributed by atoms with Crippen LogP contribution < -0.4 is 0 Å². The third-order valence-electron chi connectivity index (χ3n) is 1.25. The fourth-order valence-electron chi connectivity index (χ4n) is 0.732. The minimum Gasteiger partial charge on any atom is -0.294 e. The third kappa shape index (κ3) is 3.10. The van der Waals surface area contributed by atoms with Crippen molar-refractivity contribution in [3.63, 3.8) is 0 Å². The van der Waals surface area contributed by atoms with Gasteiger partial charge in [0.2, 0.25) is 0 Å². The maximum Gasteiger partial charge on any atom is 0.189 e. The molecule has 0 fully saturated rings. The highest BCUT2D eigenvalue weighted by atomic mass is 16.1. The van der Waals surface area contributed by atoms with E-state index in [1.165, 1.54) is 25.2 Å². The first kappa shape index (κ1) is 10.6. The van der Waals surface area contributed by atoms with Crippen molar-refractivity contribution >= 4 is 11.6 Å². The van der Waals surface area contributed by atoms with Gasteiger partial charge in [-0.2, -0.15) is 0 Å². The standard InChI is InChI=1S/C10H12O2/c1-4-6-9(8(3)11)10(12)7-5-2/h4-7H,1H2,2-3H3/b7-5-,9-6-. The summed E-state index contributed by atoms with van der Waals surface area (Å²) in [6.07, 6.45) is 5.81. The molecule has 0 heterocycles. The van der Waals surface area contributed by atoms with Crippen molar-refractivity contribution in [2.45, 2.75) is 13.8 Å². The number of ketones is 2. The molecule has 0 N–H and O–H groups in total. The van der Waals surface area contributed by atoms with Gasteiger partial charge in [0.25, 0.3) is 0 Å². The molecule has 0 aliphatic rings. The summed E-state index contributed by atoms with van der Waals surface area (Å²) in [7, 11) is 0. The highest BCUT2D eigenvalue weighted by Gasteiger charge is 2.08. The van der Waals surface area contributed by atoms with Crippen LogP contribution in [-0.4, -0.2) is 11.6 Å². The smallest absolute Gasteiger partial charge is 0.189 e. The number of hydrogen-bond donors (Lipinski definition) is 0. The Morgan fingerprint density at radius 1 is 1.33 bits per heavy atom. The summed E-state index contributed by atoms with van der Waals surface area (Å²) in [5.74, 6) is -0.511. The van der Waals surface area contributed by atoms with Gasteiger partial charge in [-0.25, -0.2) is 0 Å². The van der Waals surface area contributed by atoms with Crippen LogP contribution >= 0.6 is 0 Å². The predicted molar refractivity (Wildman–Crippen MR) is 48.8 cm³/mol. The number of carbonyl (C=O) groups is 2. The van der Waals surface area contributed by atoms with Gasteiger partial charge in [0, 0.05) is 0 Å². The Morgan fingerprint density at radius 3 is 2.25 bits per heavy atom. The van der Waals surface area contributed by atoms with Crippen LogP contribution in [-0.2, 0) is 9.59 Å². The maximum absolute atomic E-state index is 11.2. The molecule has 0 aliphatic heterocycles. The second kappa shape index (κ2) is 5.24. The summed E-state index contributed by atoms with van der Waals surface area (Å²) < 4.78 is 0. The van der Waals surface area contributed by atoms with E-state index in [1.54, 1.807) is 13.0 Å².